The molecule has 1 saturated heterocycles. The number of para-hydroxylation sites is 2. The van der Waals surface area contributed by atoms with E-state index in [-0.39, 0.29) is 5.43 Å². The van der Waals surface area contributed by atoms with Crippen LogP contribution in [-0.2, 0) is 0 Å². The smallest absolute Gasteiger partial charge is 0.215 e. The summed E-state index contributed by atoms with van der Waals surface area (Å²) in [6.45, 7) is 3.43. The van der Waals surface area contributed by atoms with Gasteiger partial charge in [-0.3, -0.25) is 4.79 Å². The van der Waals surface area contributed by atoms with E-state index in [2.05, 4.69) is 34.1 Å². The fraction of sp³-hybridized carbons (Fsp3) is 0.211. The summed E-state index contributed by atoms with van der Waals surface area (Å²) in [5.41, 5.74) is 2.60. The normalized spacial score (nSPS) is 15.1. The van der Waals surface area contributed by atoms with Crippen LogP contribution in [0.5, 0.6) is 0 Å². The first kappa shape index (κ1) is 13.9. The summed E-state index contributed by atoms with van der Waals surface area (Å²) >= 11 is 0. The van der Waals surface area contributed by atoms with Gasteiger partial charge in [0, 0.05) is 31.9 Å². The van der Waals surface area contributed by atoms with E-state index in [0.29, 0.717) is 16.7 Å². The molecule has 0 unspecified atom stereocenters. The van der Waals surface area contributed by atoms with Crippen molar-refractivity contribution < 1.29 is 4.42 Å². The van der Waals surface area contributed by atoms with Crippen LogP contribution in [0, 0.1) is 0 Å². The lowest BCUT2D eigenvalue weighted by Crippen LogP contribution is -2.47. The molecule has 0 radical (unpaired) electrons. The van der Waals surface area contributed by atoms with E-state index < -0.39 is 0 Å². The number of rotatable bonds is 2. The molecule has 0 amide bonds. The molecular formula is C19H18N2O2. The number of nitrogens with zero attached hydrogens (tertiary/aromatic N) is 2. The molecular weight excluding hydrogens is 288 g/mol. The first-order chi connectivity index (χ1) is 11.3. The molecule has 0 bridgehead atoms. The van der Waals surface area contributed by atoms with E-state index >= 15 is 0 Å². The second kappa shape index (κ2) is 5.80. The van der Waals surface area contributed by atoms with Gasteiger partial charge in [0.1, 0.15) is 17.5 Å². The molecule has 0 aliphatic carbocycles. The van der Waals surface area contributed by atoms with E-state index in [1.807, 2.05) is 30.3 Å². The molecule has 2 heterocycles. The molecule has 23 heavy (non-hydrogen) atoms. The van der Waals surface area contributed by atoms with Crippen LogP contribution >= 0.6 is 0 Å². The minimum atomic E-state index is 0.0556. The minimum Gasteiger partial charge on any atom is -0.462 e. The largest absolute Gasteiger partial charge is 0.462 e. The van der Waals surface area contributed by atoms with Gasteiger partial charge >= 0.3 is 0 Å². The zero-order valence-corrected chi connectivity index (χ0v) is 12.8. The van der Waals surface area contributed by atoms with Gasteiger partial charge in [0.25, 0.3) is 0 Å². The van der Waals surface area contributed by atoms with Gasteiger partial charge in [-0.1, -0.05) is 30.3 Å². The summed E-state index contributed by atoms with van der Waals surface area (Å²) < 4.78 is 5.63. The first-order valence-corrected chi connectivity index (χ1v) is 7.88. The summed E-state index contributed by atoms with van der Waals surface area (Å²) in [6.07, 6.45) is 1.60. The van der Waals surface area contributed by atoms with Gasteiger partial charge < -0.3 is 14.2 Å². The highest BCUT2D eigenvalue weighted by atomic mass is 16.3. The molecule has 1 aliphatic heterocycles. The fourth-order valence-electron chi connectivity index (χ4n) is 3.13. The molecule has 4 heteroatoms. The van der Waals surface area contributed by atoms with Crippen molar-refractivity contribution in [3.63, 3.8) is 0 Å². The van der Waals surface area contributed by atoms with Crippen LogP contribution in [0.1, 0.15) is 0 Å². The second-order valence-electron chi connectivity index (χ2n) is 5.76. The van der Waals surface area contributed by atoms with Crippen LogP contribution in [0.15, 0.2) is 70.1 Å². The average molecular weight is 306 g/mol. The van der Waals surface area contributed by atoms with E-state index in [4.69, 9.17) is 4.42 Å². The van der Waals surface area contributed by atoms with Gasteiger partial charge in [-0.05, 0) is 24.3 Å². The average Bonchev–Trinajstić information content (AvgIpc) is 2.63. The van der Waals surface area contributed by atoms with Crippen molar-refractivity contribution in [3.05, 3.63) is 71.1 Å². The monoisotopic (exact) mass is 306 g/mol. The number of benzene rings is 2. The van der Waals surface area contributed by atoms with Crippen LogP contribution in [0.25, 0.3) is 11.0 Å². The zero-order valence-electron chi connectivity index (χ0n) is 12.8. The summed E-state index contributed by atoms with van der Waals surface area (Å²) in [4.78, 5) is 17.1. The van der Waals surface area contributed by atoms with Gasteiger partial charge in [0.2, 0.25) is 5.43 Å². The van der Waals surface area contributed by atoms with Gasteiger partial charge in [-0.2, -0.15) is 0 Å². The maximum absolute atomic E-state index is 12.7. The molecule has 0 N–H and O–H groups in total. The molecule has 116 valence electrons. The van der Waals surface area contributed by atoms with E-state index in [1.54, 1.807) is 6.26 Å². The Bertz CT molecular complexity index is 865. The molecule has 4 nitrogen and oxygen atoms in total. The molecule has 1 fully saturated rings. The number of anilines is 2. The third-order valence-electron chi connectivity index (χ3n) is 4.40. The lowest BCUT2D eigenvalue weighted by Gasteiger charge is -2.36. The topological polar surface area (TPSA) is 36.7 Å². The van der Waals surface area contributed by atoms with Crippen LogP contribution < -0.4 is 15.2 Å². The van der Waals surface area contributed by atoms with Crippen LogP contribution in [0.2, 0.25) is 0 Å². The maximum Gasteiger partial charge on any atom is 0.215 e. The summed E-state index contributed by atoms with van der Waals surface area (Å²) in [5.74, 6) is 0. The van der Waals surface area contributed by atoms with Gasteiger partial charge in [-0.25, -0.2) is 0 Å². The lowest BCUT2D eigenvalue weighted by molar-refractivity contribution is 0.588. The van der Waals surface area contributed by atoms with Crippen LogP contribution in [0.3, 0.4) is 0 Å². The molecule has 1 aliphatic rings. The van der Waals surface area contributed by atoms with Crippen molar-refractivity contribution in [3.8, 4) is 0 Å². The predicted octanol–water partition coefficient (Wildman–Crippen LogP) is 3.12. The first-order valence-electron chi connectivity index (χ1n) is 7.88. The van der Waals surface area contributed by atoms with Crippen LogP contribution in [-0.4, -0.2) is 26.2 Å². The highest BCUT2D eigenvalue weighted by Crippen LogP contribution is 2.20. The van der Waals surface area contributed by atoms with Gasteiger partial charge in [-0.15, -0.1) is 0 Å². The SMILES string of the molecule is O=c1c(N2CCN(c3ccccc3)CC2)coc2ccccc12. The molecule has 0 spiro atoms. The van der Waals surface area contributed by atoms with Crippen molar-refractivity contribution in [2.75, 3.05) is 36.0 Å². The second-order valence-corrected chi connectivity index (χ2v) is 5.76. The highest BCUT2D eigenvalue weighted by Gasteiger charge is 2.20. The van der Waals surface area contributed by atoms with Gasteiger partial charge in [0.05, 0.1) is 5.39 Å². The van der Waals surface area contributed by atoms with Crippen molar-refractivity contribution in [1.29, 1.82) is 0 Å². The van der Waals surface area contributed by atoms with Crippen molar-refractivity contribution >= 4 is 22.3 Å². The minimum absolute atomic E-state index is 0.0556. The Morgan fingerprint density at radius 2 is 1.43 bits per heavy atom. The Balaban J connectivity index is 1.57. The van der Waals surface area contributed by atoms with Crippen molar-refractivity contribution in [2.45, 2.75) is 0 Å². The van der Waals surface area contributed by atoms with Crippen molar-refractivity contribution in [1.82, 2.24) is 0 Å². The third kappa shape index (κ3) is 2.57. The summed E-state index contributed by atoms with van der Waals surface area (Å²) in [6, 6.07) is 17.8. The summed E-state index contributed by atoms with van der Waals surface area (Å²) in [7, 11) is 0. The fourth-order valence-corrected chi connectivity index (χ4v) is 3.13. The maximum atomic E-state index is 12.7. The molecule has 3 aromatic rings. The van der Waals surface area contributed by atoms with E-state index in [9.17, 15) is 4.79 Å². The van der Waals surface area contributed by atoms with Gasteiger partial charge in [0.15, 0.2) is 0 Å². The molecule has 2 aromatic carbocycles. The number of hydrogen-bond acceptors (Lipinski definition) is 4. The molecule has 0 atom stereocenters. The Morgan fingerprint density at radius 3 is 2.22 bits per heavy atom. The number of piperazine rings is 1. The lowest BCUT2D eigenvalue weighted by atomic mass is 10.2. The molecule has 4 rings (SSSR count). The Kier molecular flexibility index (Phi) is 3.50. The highest BCUT2D eigenvalue weighted by molar-refractivity contribution is 5.79. The Hall–Kier alpha value is -2.75. The third-order valence-corrected chi connectivity index (χ3v) is 4.40. The summed E-state index contributed by atoms with van der Waals surface area (Å²) in [5, 5.41) is 0.649. The van der Waals surface area contributed by atoms with E-state index in [1.165, 1.54) is 5.69 Å². The Labute approximate surface area is 134 Å². The number of fused-ring (bicyclic) bond motifs is 1. The van der Waals surface area contributed by atoms with E-state index in [0.717, 1.165) is 26.2 Å². The standard InChI is InChI=1S/C19H18N2O2/c22-19-16-8-4-5-9-18(16)23-14-17(19)21-12-10-20(11-13-21)15-6-2-1-3-7-15/h1-9,14H,10-13H2. The van der Waals surface area contributed by atoms with Crippen molar-refractivity contribution in [2.24, 2.45) is 0 Å². The Morgan fingerprint density at radius 1 is 0.783 bits per heavy atom. The number of hydrogen-bond donors (Lipinski definition) is 0. The quantitative estimate of drug-likeness (QED) is 0.729. The molecule has 0 saturated carbocycles. The van der Waals surface area contributed by atoms with Crippen LogP contribution in [0.4, 0.5) is 11.4 Å². The molecule has 1 aromatic heterocycles. The zero-order chi connectivity index (χ0) is 15.6. The predicted molar refractivity (Wildman–Crippen MR) is 93.4 cm³/mol.